The van der Waals surface area contributed by atoms with E-state index in [1.165, 1.54) is 11.3 Å². The molecule has 0 spiro atoms. The molecule has 0 aliphatic rings. The van der Waals surface area contributed by atoms with Gasteiger partial charge in [0.1, 0.15) is 10.6 Å². The zero-order valence-corrected chi connectivity index (χ0v) is 8.75. The second-order valence-electron chi connectivity index (χ2n) is 2.47. The molecule has 0 atom stereocenters. The van der Waals surface area contributed by atoms with Gasteiger partial charge in [0.05, 0.1) is 5.16 Å². The fourth-order valence-electron chi connectivity index (χ4n) is 0.981. The number of isothiocyanates is 1. The van der Waals surface area contributed by atoms with Gasteiger partial charge in [-0.15, -0.1) is 11.3 Å². The standard InChI is InChI=1S/C8H7NO2S2/c1-4-5(2)13-7(9-3-12)6(4)8(10)11/h1-2H3,(H,10,11). The van der Waals surface area contributed by atoms with Crippen LogP contribution in [0.15, 0.2) is 4.99 Å². The van der Waals surface area contributed by atoms with Crippen molar-refractivity contribution in [2.24, 2.45) is 4.99 Å². The molecule has 0 aliphatic heterocycles. The van der Waals surface area contributed by atoms with E-state index in [2.05, 4.69) is 22.4 Å². The van der Waals surface area contributed by atoms with Crippen LogP contribution in [0.4, 0.5) is 5.00 Å². The summed E-state index contributed by atoms with van der Waals surface area (Å²) in [7, 11) is 0. The monoisotopic (exact) mass is 213 g/mol. The van der Waals surface area contributed by atoms with Crippen LogP contribution in [-0.2, 0) is 0 Å². The Labute approximate surface area is 84.7 Å². The van der Waals surface area contributed by atoms with Crippen molar-refractivity contribution in [1.29, 1.82) is 0 Å². The maximum Gasteiger partial charge on any atom is 0.339 e. The summed E-state index contributed by atoms with van der Waals surface area (Å²) in [6, 6.07) is 0. The molecule has 1 rings (SSSR count). The summed E-state index contributed by atoms with van der Waals surface area (Å²) in [4.78, 5) is 15.5. The highest BCUT2D eigenvalue weighted by molar-refractivity contribution is 7.78. The summed E-state index contributed by atoms with van der Waals surface area (Å²) in [6.45, 7) is 3.62. The summed E-state index contributed by atoms with van der Waals surface area (Å²) < 4.78 is 0. The maximum atomic E-state index is 10.8. The highest BCUT2D eigenvalue weighted by atomic mass is 32.1. The van der Waals surface area contributed by atoms with E-state index in [4.69, 9.17) is 5.11 Å². The summed E-state index contributed by atoms with van der Waals surface area (Å²) in [5.41, 5.74) is 0.987. The quantitative estimate of drug-likeness (QED) is 0.607. The molecule has 3 nitrogen and oxygen atoms in total. The smallest absolute Gasteiger partial charge is 0.339 e. The summed E-state index contributed by atoms with van der Waals surface area (Å²) >= 11 is 5.75. The highest BCUT2D eigenvalue weighted by Crippen LogP contribution is 2.34. The van der Waals surface area contributed by atoms with E-state index in [-0.39, 0.29) is 5.56 Å². The van der Waals surface area contributed by atoms with Gasteiger partial charge >= 0.3 is 5.97 Å². The third kappa shape index (κ3) is 1.83. The minimum atomic E-state index is -0.967. The molecule has 5 heteroatoms. The van der Waals surface area contributed by atoms with E-state index in [1.54, 1.807) is 6.92 Å². The molecule has 1 N–H and O–H groups in total. The van der Waals surface area contributed by atoms with Crippen molar-refractivity contribution >= 4 is 39.7 Å². The predicted molar refractivity (Wildman–Crippen MR) is 55.4 cm³/mol. The SMILES string of the molecule is Cc1sc(N=C=S)c(C(=O)O)c1C. The van der Waals surface area contributed by atoms with Crippen molar-refractivity contribution < 1.29 is 9.90 Å². The Bertz CT molecular complexity index is 403. The minimum absolute atomic E-state index is 0.236. The molecular formula is C8H7NO2S2. The van der Waals surface area contributed by atoms with Crippen molar-refractivity contribution in [3.05, 3.63) is 16.0 Å². The zero-order valence-electron chi connectivity index (χ0n) is 7.12. The lowest BCUT2D eigenvalue weighted by molar-refractivity contribution is 0.0697. The Morgan fingerprint density at radius 1 is 1.62 bits per heavy atom. The Kier molecular flexibility index (Phi) is 2.93. The molecule has 1 aromatic heterocycles. The molecule has 0 saturated heterocycles. The Balaban J connectivity index is 3.43. The first-order valence-corrected chi connectivity index (χ1v) is 4.71. The van der Waals surface area contributed by atoms with Crippen molar-refractivity contribution in [1.82, 2.24) is 0 Å². The Hall–Kier alpha value is -1.03. The number of aromatic carboxylic acids is 1. The largest absolute Gasteiger partial charge is 0.478 e. The van der Waals surface area contributed by atoms with Crippen molar-refractivity contribution in [2.75, 3.05) is 0 Å². The van der Waals surface area contributed by atoms with Crippen LogP contribution in [0, 0.1) is 13.8 Å². The molecule has 0 amide bonds. The first-order chi connectivity index (χ1) is 6.07. The van der Waals surface area contributed by atoms with Gasteiger partial charge in [0.15, 0.2) is 0 Å². The summed E-state index contributed by atoms with van der Waals surface area (Å²) in [6.07, 6.45) is 0. The van der Waals surface area contributed by atoms with Crippen LogP contribution in [0.3, 0.4) is 0 Å². The molecule has 0 bridgehead atoms. The van der Waals surface area contributed by atoms with E-state index in [1.807, 2.05) is 6.92 Å². The van der Waals surface area contributed by atoms with E-state index in [0.717, 1.165) is 10.4 Å². The molecule has 0 fully saturated rings. The number of hydrogen-bond donors (Lipinski definition) is 1. The van der Waals surface area contributed by atoms with Crippen LogP contribution in [-0.4, -0.2) is 16.2 Å². The third-order valence-electron chi connectivity index (χ3n) is 1.73. The molecule has 0 radical (unpaired) electrons. The van der Waals surface area contributed by atoms with Crippen molar-refractivity contribution in [3.63, 3.8) is 0 Å². The van der Waals surface area contributed by atoms with E-state index in [0.29, 0.717) is 5.00 Å². The van der Waals surface area contributed by atoms with Crippen LogP contribution in [0.25, 0.3) is 0 Å². The molecule has 68 valence electrons. The van der Waals surface area contributed by atoms with Crippen LogP contribution >= 0.6 is 23.6 Å². The second kappa shape index (κ2) is 3.79. The van der Waals surface area contributed by atoms with Crippen molar-refractivity contribution in [3.8, 4) is 0 Å². The number of carboxylic acids is 1. The first-order valence-electron chi connectivity index (χ1n) is 3.49. The van der Waals surface area contributed by atoms with E-state index >= 15 is 0 Å². The first kappa shape index (κ1) is 10.1. The number of aliphatic imine (C=N–C) groups is 1. The van der Waals surface area contributed by atoms with E-state index in [9.17, 15) is 4.79 Å². The van der Waals surface area contributed by atoms with Gasteiger partial charge in [-0.3, -0.25) is 0 Å². The molecule has 0 saturated carbocycles. The molecule has 0 unspecified atom stereocenters. The second-order valence-corrected chi connectivity index (χ2v) is 3.86. The van der Waals surface area contributed by atoms with E-state index < -0.39 is 5.97 Å². The number of thiocarbonyl (C=S) groups is 1. The highest BCUT2D eigenvalue weighted by Gasteiger charge is 2.17. The lowest BCUT2D eigenvalue weighted by Crippen LogP contribution is -1.96. The number of thiophene rings is 1. The molecule has 0 aliphatic carbocycles. The van der Waals surface area contributed by atoms with Gasteiger partial charge in [-0.1, -0.05) is 0 Å². The van der Waals surface area contributed by atoms with Gasteiger partial charge in [0.25, 0.3) is 0 Å². The van der Waals surface area contributed by atoms with Crippen molar-refractivity contribution in [2.45, 2.75) is 13.8 Å². The fraction of sp³-hybridized carbons (Fsp3) is 0.250. The molecule has 1 aromatic rings. The van der Waals surface area contributed by atoms with Gasteiger partial charge in [-0.25, -0.2) is 4.79 Å². The lowest BCUT2D eigenvalue weighted by Gasteiger charge is -1.92. The van der Waals surface area contributed by atoms with Crippen LogP contribution in [0.2, 0.25) is 0 Å². The minimum Gasteiger partial charge on any atom is -0.478 e. The summed E-state index contributed by atoms with van der Waals surface area (Å²) in [5.74, 6) is -0.967. The normalized spacial score (nSPS) is 9.38. The number of carboxylic acid groups (broad SMARTS) is 1. The molecular weight excluding hydrogens is 206 g/mol. The topological polar surface area (TPSA) is 49.7 Å². The number of aryl methyl sites for hydroxylation is 1. The van der Waals surface area contributed by atoms with Gasteiger partial charge in [-0.05, 0) is 31.6 Å². The van der Waals surface area contributed by atoms with Crippen LogP contribution in [0.5, 0.6) is 0 Å². The number of carbonyl (C=O) groups is 1. The molecule has 1 heterocycles. The zero-order chi connectivity index (χ0) is 10.0. The maximum absolute atomic E-state index is 10.8. The molecule has 0 aromatic carbocycles. The molecule has 13 heavy (non-hydrogen) atoms. The average molecular weight is 213 g/mol. The third-order valence-corrected chi connectivity index (χ3v) is 2.92. The Morgan fingerprint density at radius 2 is 2.23 bits per heavy atom. The van der Waals surface area contributed by atoms with Gasteiger partial charge in [0, 0.05) is 4.88 Å². The number of nitrogens with zero attached hydrogens (tertiary/aromatic N) is 1. The van der Waals surface area contributed by atoms with Crippen LogP contribution in [0.1, 0.15) is 20.8 Å². The van der Waals surface area contributed by atoms with Gasteiger partial charge in [-0.2, -0.15) is 4.99 Å². The number of rotatable bonds is 2. The Morgan fingerprint density at radius 3 is 2.69 bits per heavy atom. The fourth-order valence-corrected chi connectivity index (χ4v) is 2.11. The number of hydrogen-bond acceptors (Lipinski definition) is 4. The predicted octanol–water partition coefficient (Wildman–Crippen LogP) is 2.80. The van der Waals surface area contributed by atoms with Gasteiger partial charge < -0.3 is 5.11 Å². The summed E-state index contributed by atoms with van der Waals surface area (Å²) in [5, 5.41) is 11.5. The van der Waals surface area contributed by atoms with Crippen LogP contribution < -0.4 is 0 Å². The lowest BCUT2D eigenvalue weighted by atomic mass is 10.2. The van der Waals surface area contributed by atoms with Gasteiger partial charge in [0.2, 0.25) is 0 Å². The average Bonchev–Trinajstić information content (AvgIpc) is 2.28.